The van der Waals surface area contributed by atoms with Crippen molar-refractivity contribution in [3.05, 3.63) is 29.6 Å². The number of rotatable bonds is 4. The molecular weight excluding hydrogens is 258 g/mol. The van der Waals surface area contributed by atoms with Crippen LogP contribution in [0.2, 0.25) is 0 Å². The molecule has 1 aliphatic rings. The van der Waals surface area contributed by atoms with E-state index in [-0.39, 0.29) is 5.46 Å². The number of benzene rings is 1. The van der Waals surface area contributed by atoms with E-state index in [1.54, 1.807) is 6.07 Å². The van der Waals surface area contributed by atoms with Crippen molar-refractivity contribution in [2.75, 3.05) is 27.2 Å². The minimum Gasteiger partial charge on any atom is -0.423 e. The van der Waals surface area contributed by atoms with Crippen LogP contribution in [0.5, 0.6) is 0 Å². The number of likely N-dealkylation sites (tertiary alicyclic amines) is 1. The molecule has 2 atom stereocenters. The Morgan fingerprint density at radius 1 is 1.35 bits per heavy atom. The second-order valence-corrected chi connectivity index (χ2v) is 5.92. The molecule has 0 radical (unpaired) electrons. The molecule has 110 valence electrons. The van der Waals surface area contributed by atoms with Crippen LogP contribution in [0.25, 0.3) is 0 Å². The van der Waals surface area contributed by atoms with Crippen molar-refractivity contribution in [3.8, 4) is 0 Å². The van der Waals surface area contributed by atoms with Gasteiger partial charge < -0.3 is 14.9 Å². The largest absolute Gasteiger partial charge is 0.488 e. The van der Waals surface area contributed by atoms with Gasteiger partial charge in [0.25, 0.3) is 0 Å². The minimum atomic E-state index is -1.63. The second kappa shape index (κ2) is 6.22. The van der Waals surface area contributed by atoms with Crippen LogP contribution < -0.4 is 5.46 Å². The smallest absolute Gasteiger partial charge is 0.423 e. The van der Waals surface area contributed by atoms with E-state index < -0.39 is 12.9 Å². The van der Waals surface area contributed by atoms with Crippen LogP contribution in [-0.4, -0.2) is 60.2 Å². The summed E-state index contributed by atoms with van der Waals surface area (Å²) < 4.78 is 13.2. The predicted molar refractivity (Wildman–Crippen MR) is 78.1 cm³/mol. The van der Waals surface area contributed by atoms with E-state index in [0.717, 1.165) is 18.7 Å². The molecule has 0 saturated carbocycles. The molecule has 0 aromatic heterocycles. The van der Waals surface area contributed by atoms with Crippen LogP contribution in [0.15, 0.2) is 18.2 Å². The van der Waals surface area contributed by atoms with Crippen molar-refractivity contribution in [1.82, 2.24) is 9.80 Å². The first kappa shape index (κ1) is 15.4. The van der Waals surface area contributed by atoms with Gasteiger partial charge in [0.05, 0.1) is 0 Å². The summed E-state index contributed by atoms with van der Waals surface area (Å²) in [6.45, 7) is 4.73. The molecule has 2 unspecified atom stereocenters. The summed E-state index contributed by atoms with van der Waals surface area (Å²) in [4.78, 5) is 4.49. The molecule has 20 heavy (non-hydrogen) atoms. The van der Waals surface area contributed by atoms with Gasteiger partial charge in [-0.1, -0.05) is 13.0 Å². The van der Waals surface area contributed by atoms with E-state index >= 15 is 0 Å². The van der Waals surface area contributed by atoms with Gasteiger partial charge in [0, 0.05) is 25.7 Å². The number of likely N-dealkylation sites (N-methyl/N-ethyl adjacent to an activating group) is 1. The van der Waals surface area contributed by atoms with Gasteiger partial charge in [-0.2, -0.15) is 0 Å². The van der Waals surface area contributed by atoms with Gasteiger partial charge >= 0.3 is 7.12 Å². The van der Waals surface area contributed by atoms with Gasteiger partial charge in [-0.05, 0) is 43.2 Å². The number of hydrogen-bond acceptors (Lipinski definition) is 4. The van der Waals surface area contributed by atoms with Crippen LogP contribution in [0.3, 0.4) is 0 Å². The molecule has 4 nitrogen and oxygen atoms in total. The lowest BCUT2D eigenvalue weighted by Gasteiger charge is -2.23. The third-order valence-corrected chi connectivity index (χ3v) is 4.09. The Balaban J connectivity index is 2.11. The van der Waals surface area contributed by atoms with Crippen molar-refractivity contribution >= 4 is 12.6 Å². The fraction of sp³-hybridized carbons (Fsp3) is 0.571. The zero-order valence-corrected chi connectivity index (χ0v) is 12.3. The molecule has 0 amide bonds. The third kappa shape index (κ3) is 3.38. The van der Waals surface area contributed by atoms with Crippen LogP contribution in [-0.2, 0) is 6.54 Å². The van der Waals surface area contributed by atoms with Gasteiger partial charge in [0.1, 0.15) is 5.82 Å². The van der Waals surface area contributed by atoms with Crippen LogP contribution >= 0.6 is 0 Å². The van der Waals surface area contributed by atoms with Crippen LogP contribution in [0.1, 0.15) is 12.5 Å². The monoisotopic (exact) mass is 280 g/mol. The Kier molecular flexibility index (Phi) is 4.80. The molecule has 1 fully saturated rings. The van der Waals surface area contributed by atoms with Gasteiger partial charge in [0.15, 0.2) is 0 Å². The van der Waals surface area contributed by atoms with Gasteiger partial charge in [0.2, 0.25) is 0 Å². The van der Waals surface area contributed by atoms with E-state index in [0.29, 0.717) is 18.5 Å². The molecule has 0 bridgehead atoms. The van der Waals surface area contributed by atoms with Crippen molar-refractivity contribution < 1.29 is 14.4 Å². The van der Waals surface area contributed by atoms with Gasteiger partial charge in [-0.3, -0.25) is 4.90 Å². The van der Waals surface area contributed by atoms with E-state index in [9.17, 15) is 14.4 Å². The number of hydrogen-bond donors (Lipinski definition) is 2. The molecule has 1 heterocycles. The maximum absolute atomic E-state index is 13.2. The first-order valence-electron chi connectivity index (χ1n) is 6.91. The molecular formula is C14H22BFN2O2. The lowest BCUT2D eigenvalue weighted by Crippen LogP contribution is -2.37. The van der Waals surface area contributed by atoms with Crippen molar-refractivity contribution in [2.24, 2.45) is 5.92 Å². The Hall–Kier alpha value is -0.945. The normalized spacial score (nSPS) is 23.6. The summed E-state index contributed by atoms with van der Waals surface area (Å²) in [6, 6.07) is 4.70. The highest BCUT2D eigenvalue weighted by molar-refractivity contribution is 6.59. The van der Waals surface area contributed by atoms with Gasteiger partial charge in [-0.15, -0.1) is 0 Å². The summed E-state index contributed by atoms with van der Waals surface area (Å²) in [6.07, 6.45) is 0. The van der Waals surface area contributed by atoms with Crippen molar-refractivity contribution in [2.45, 2.75) is 19.5 Å². The average Bonchev–Trinajstić information content (AvgIpc) is 2.72. The molecule has 2 N–H and O–H groups in total. The predicted octanol–water partition coefficient (Wildman–Crippen LogP) is -0.113. The summed E-state index contributed by atoms with van der Waals surface area (Å²) in [7, 11) is 2.52. The fourth-order valence-electron chi connectivity index (χ4n) is 3.04. The minimum absolute atomic E-state index is 0.256. The third-order valence-electron chi connectivity index (χ3n) is 4.09. The first-order chi connectivity index (χ1) is 9.38. The number of halogens is 1. The number of nitrogens with zero attached hydrogens (tertiary/aromatic N) is 2. The lowest BCUT2D eigenvalue weighted by molar-refractivity contribution is 0.250. The summed E-state index contributed by atoms with van der Waals surface area (Å²) in [5.41, 5.74) is 1.03. The maximum Gasteiger partial charge on any atom is 0.488 e. The maximum atomic E-state index is 13.2. The highest BCUT2D eigenvalue weighted by atomic mass is 19.1. The van der Waals surface area contributed by atoms with E-state index in [1.165, 1.54) is 12.1 Å². The van der Waals surface area contributed by atoms with Gasteiger partial charge in [-0.25, -0.2) is 4.39 Å². The highest BCUT2D eigenvalue weighted by Crippen LogP contribution is 2.21. The molecule has 1 aromatic carbocycles. The molecule has 6 heteroatoms. The molecule has 0 aliphatic carbocycles. The molecule has 2 rings (SSSR count). The summed E-state index contributed by atoms with van der Waals surface area (Å²) in [5, 5.41) is 18.7. The topological polar surface area (TPSA) is 46.9 Å². The highest BCUT2D eigenvalue weighted by Gasteiger charge is 2.31. The SMILES string of the molecule is CC1CN(Cc2ccc(F)cc2B(O)O)CC1N(C)C. The second-order valence-electron chi connectivity index (χ2n) is 5.92. The molecule has 1 saturated heterocycles. The Morgan fingerprint density at radius 3 is 2.60 bits per heavy atom. The molecule has 1 aromatic rings. The zero-order valence-electron chi connectivity index (χ0n) is 12.3. The van der Waals surface area contributed by atoms with Crippen molar-refractivity contribution in [3.63, 3.8) is 0 Å². The van der Waals surface area contributed by atoms with Crippen LogP contribution in [0, 0.1) is 11.7 Å². The van der Waals surface area contributed by atoms with E-state index in [1.807, 2.05) is 0 Å². The summed E-state index contributed by atoms with van der Waals surface area (Å²) >= 11 is 0. The molecule has 1 aliphatic heterocycles. The quantitative estimate of drug-likeness (QED) is 0.755. The Labute approximate surface area is 120 Å². The van der Waals surface area contributed by atoms with Crippen LogP contribution in [0.4, 0.5) is 4.39 Å². The first-order valence-corrected chi connectivity index (χ1v) is 6.91. The fourth-order valence-corrected chi connectivity index (χ4v) is 3.04. The lowest BCUT2D eigenvalue weighted by atomic mass is 9.77. The summed E-state index contributed by atoms with van der Waals surface area (Å²) in [5.74, 6) is 0.116. The Bertz CT molecular complexity index is 470. The Morgan fingerprint density at radius 2 is 2.05 bits per heavy atom. The van der Waals surface area contributed by atoms with E-state index in [2.05, 4.69) is 30.8 Å². The molecule has 0 spiro atoms. The van der Waals surface area contributed by atoms with E-state index in [4.69, 9.17) is 0 Å². The van der Waals surface area contributed by atoms with Crippen molar-refractivity contribution in [1.29, 1.82) is 0 Å². The average molecular weight is 280 g/mol. The zero-order chi connectivity index (χ0) is 14.9. The standard InChI is InChI=1S/C14H22BFN2O2/c1-10-7-18(9-14(10)17(2)3)8-11-4-5-12(16)6-13(11)15(19)20/h4-6,10,14,19-20H,7-9H2,1-3H3.